The number of aryl methyl sites for hydroxylation is 2. The van der Waals surface area contributed by atoms with Gasteiger partial charge in [0.1, 0.15) is 12.4 Å². The Morgan fingerprint density at radius 2 is 1.93 bits per heavy atom. The zero-order valence-corrected chi connectivity index (χ0v) is 17.3. The average Bonchev–Trinajstić information content (AvgIpc) is 2.81. The van der Waals surface area contributed by atoms with Crippen molar-refractivity contribution < 1.29 is 14.0 Å². The normalized spacial score (nSPS) is 12.8. The van der Waals surface area contributed by atoms with Crippen LogP contribution in [-0.2, 0) is 16.0 Å². The van der Waals surface area contributed by atoms with Crippen LogP contribution < -0.4 is 10.2 Å². The van der Waals surface area contributed by atoms with Gasteiger partial charge in [0.15, 0.2) is 0 Å². The molecule has 2 heterocycles. The first kappa shape index (κ1) is 20.0. The van der Waals surface area contributed by atoms with Crippen LogP contribution in [0.1, 0.15) is 16.8 Å². The van der Waals surface area contributed by atoms with Gasteiger partial charge in [-0.05, 0) is 61.4 Å². The summed E-state index contributed by atoms with van der Waals surface area (Å²) in [5.74, 6) is -1.29. The van der Waals surface area contributed by atoms with Crippen LogP contribution in [-0.4, -0.2) is 23.3 Å². The van der Waals surface area contributed by atoms with Crippen LogP contribution in [0.4, 0.5) is 15.8 Å². The van der Waals surface area contributed by atoms with Crippen LogP contribution in [0.15, 0.2) is 48.7 Å². The summed E-state index contributed by atoms with van der Waals surface area (Å²) in [6.45, 7) is 3.76. The Morgan fingerprint density at radius 3 is 2.70 bits per heavy atom. The molecule has 30 heavy (non-hydrogen) atoms. The van der Waals surface area contributed by atoms with Gasteiger partial charge in [-0.3, -0.25) is 14.6 Å². The lowest BCUT2D eigenvalue weighted by atomic mass is 9.97. The summed E-state index contributed by atoms with van der Waals surface area (Å²) in [5, 5.41) is 2.60. The minimum atomic E-state index is -0.627. The summed E-state index contributed by atoms with van der Waals surface area (Å²) in [6, 6.07) is 11.7. The van der Waals surface area contributed by atoms with Gasteiger partial charge in [-0.25, -0.2) is 4.39 Å². The number of carbonyl (C=O) groups is 2. The lowest BCUT2D eigenvalue weighted by Crippen LogP contribution is -2.38. The summed E-state index contributed by atoms with van der Waals surface area (Å²) in [6.07, 6.45) is 1.75. The van der Waals surface area contributed by atoms with Crippen molar-refractivity contribution in [3.05, 3.63) is 76.3 Å². The number of rotatable bonds is 3. The van der Waals surface area contributed by atoms with E-state index >= 15 is 0 Å². The van der Waals surface area contributed by atoms with E-state index < -0.39 is 11.7 Å². The number of hydrogen-bond donors (Lipinski definition) is 1. The van der Waals surface area contributed by atoms with E-state index in [2.05, 4.69) is 10.3 Å². The number of fused-ring (bicyclic) bond motifs is 3. The SMILES string of the molecule is Cc1cc2c(cc1C)N(CC(=O)Nc1ccc(Cl)c(F)c1)C(=O)Cc1ncccc1-2. The fourth-order valence-corrected chi connectivity index (χ4v) is 3.65. The molecule has 1 aromatic heterocycles. The molecule has 1 N–H and O–H groups in total. The number of amides is 2. The van der Waals surface area contributed by atoms with Crippen molar-refractivity contribution in [1.29, 1.82) is 0 Å². The largest absolute Gasteiger partial charge is 0.324 e. The molecular weight excluding hydrogens is 405 g/mol. The Kier molecular flexibility index (Phi) is 5.26. The molecule has 0 spiro atoms. The van der Waals surface area contributed by atoms with E-state index in [0.717, 1.165) is 28.3 Å². The Balaban J connectivity index is 1.70. The van der Waals surface area contributed by atoms with Crippen molar-refractivity contribution in [2.24, 2.45) is 0 Å². The molecule has 0 atom stereocenters. The molecule has 0 aliphatic carbocycles. The van der Waals surface area contributed by atoms with Crippen LogP contribution in [0.2, 0.25) is 5.02 Å². The van der Waals surface area contributed by atoms with Gasteiger partial charge in [0.2, 0.25) is 11.8 Å². The van der Waals surface area contributed by atoms with Crippen LogP contribution in [0.3, 0.4) is 0 Å². The number of nitrogens with one attached hydrogen (secondary N) is 1. The Morgan fingerprint density at radius 1 is 1.17 bits per heavy atom. The first-order valence-electron chi connectivity index (χ1n) is 9.44. The topological polar surface area (TPSA) is 62.3 Å². The second-order valence-corrected chi connectivity index (χ2v) is 7.69. The number of aromatic nitrogens is 1. The maximum atomic E-state index is 13.7. The van der Waals surface area contributed by atoms with Crippen LogP contribution in [0, 0.1) is 19.7 Å². The third-order valence-corrected chi connectivity index (χ3v) is 5.51. The average molecular weight is 424 g/mol. The van der Waals surface area contributed by atoms with E-state index in [1.54, 1.807) is 6.20 Å². The summed E-state index contributed by atoms with van der Waals surface area (Å²) in [4.78, 5) is 31.6. The molecule has 0 radical (unpaired) electrons. The molecule has 2 aromatic carbocycles. The third-order valence-electron chi connectivity index (χ3n) is 5.21. The lowest BCUT2D eigenvalue weighted by Gasteiger charge is -2.24. The highest BCUT2D eigenvalue weighted by molar-refractivity contribution is 6.30. The summed E-state index contributed by atoms with van der Waals surface area (Å²) in [7, 11) is 0. The lowest BCUT2D eigenvalue weighted by molar-refractivity contribution is -0.121. The smallest absolute Gasteiger partial charge is 0.244 e. The molecule has 2 amide bonds. The Labute approximate surface area is 178 Å². The van der Waals surface area contributed by atoms with E-state index in [1.165, 1.54) is 17.0 Å². The van der Waals surface area contributed by atoms with Gasteiger partial charge in [-0.15, -0.1) is 0 Å². The van der Waals surface area contributed by atoms with Gasteiger partial charge < -0.3 is 10.2 Å². The minimum absolute atomic E-state index is 0.0271. The van der Waals surface area contributed by atoms with Crippen molar-refractivity contribution >= 4 is 34.8 Å². The maximum Gasteiger partial charge on any atom is 0.244 e. The molecule has 152 valence electrons. The van der Waals surface area contributed by atoms with Gasteiger partial charge in [-0.1, -0.05) is 17.7 Å². The second kappa shape index (κ2) is 7.88. The first-order chi connectivity index (χ1) is 14.3. The van der Waals surface area contributed by atoms with Gasteiger partial charge in [0, 0.05) is 23.0 Å². The highest BCUT2D eigenvalue weighted by Crippen LogP contribution is 2.37. The minimum Gasteiger partial charge on any atom is -0.324 e. The quantitative estimate of drug-likeness (QED) is 0.665. The Hall–Kier alpha value is -3.25. The van der Waals surface area contributed by atoms with Gasteiger partial charge >= 0.3 is 0 Å². The monoisotopic (exact) mass is 423 g/mol. The van der Waals surface area contributed by atoms with E-state index in [-0.39, 0.29) is 29.6 Å². The van der Waals surface area contributed by atoms with Gasteiger partial charge in [0.25, 0.3) is 0 Å². The van der Waals surface area contributed by atoms with Crippen molar-refractivity contribution in [2.45, 2.75) is 20.3 Å². The molecular formula is C23H19ClFN3O2. The fraction of sp³-hybridized carbons (Fsp3) is 0.174. The highest BCUT2D eigenvalue weighted by Gasteiger charge is 2.28. The maximum absolute atomic E-state index is 13.7. The van der Waals surface area contributed by atoms with Crippen LogP contribution >= 0.6 is 11.6 Å². The van der Waals surface area contributed by atoms with Gasteiger partial charge in [-0.2, -0.15) is 0 Å². The number of pyridine rings is 1. The molecule has 5 nitrogen and oxygen atoms in total. The summed E-state index contributed by atoms with van der Waals surface area (Å²) < 4.78 is 13.7. The molecule has 0 bridgehead atoms. The molecule has 7 heteroatoms. The molecule has 1 aliphatic rings. The molecule has 0 unspecified atom stereocenters. The van der Waals surface area contributed by atoms with E-state index in [4.69, 9.17) is 11.6 Å². The number of anilines is 2. The fourth-order valence-electron chi connectivity index (χ4n) is 3.53. The van der Waals surface area contributed by atoms with Crippen molar-refractivity contribution in [3.63, 3.8) is 0 Å². The van der Waals surface area contributed by atoms with Gasteiger partial charge in [0.05, 0.1) is 22.8 Å². The van der Waals surface area contributed by atoms with Crippen molar-refractivity contribution in [3.8, 4) is 11.1 Å². The number of carbonyl (C=O) groups excluding carboxylic acids is 2. The van der Waals surface area contributed by atoms with Crippen molar-refractivity contribution in [1.82, 2.24) is 4.98 Å². The number of halogens is 2. The zero-order valence-electron chi connectivity index (χ0n) is 16.5. The highest BCUT2D eigenvalue weighted by atomic mass is 35.5. The van der Waals surface area contributed by atoms with E-state index in [1.807, 2.05) is 38.1 Å². The van der Waals surface area contributed by atoms with Crippen LogP contribution in [0.5, 0.6) is 0 Å². The summed E-state index contributed by atoms with van der Waals surface area (Å²) >= 11 is 5.69. The first-order valence-corrected chi connectivity index (χ1v) is 9.82. The predicted octanol–water partition coefficient (Wildman–Crippen LogP) is 4.69. The van der Waals surface area contributed by atoms with Crippen LogP contribution in [0.25, 0.3) is 11.1 Å². The molecule has 0 saturated carbocycles. The molecule has 0 fully saturated rings. The number of hydrogen-bond acceptors (Lipinski definition) is 3. The molecule has 0 saturated heterocycles. The number of nitrogens with zero attached hydrogens (tertiary/aromatic N) is 2. The standard InChI is InChI=1S/C23H19ClFN3O2/c1-13-8-17-16-4-3-7-26-20(16)11-23(30)28(21(17)9-14(13)2)12-22(29)27-15-5-6-18(24)19(25)10-15/h3-10H,11-12H2,1-2H3,(H,27,29). The van der Waals surface area contributed by atoms with E-state index in [9.17, 15) is 14.0 Å². The molecule has 1 aliphatic heterocycles. The zero-order chi connectivity index (χ0) is 21.4. The van der Waals surface area contributed by atoms with E-state index in [0.29, 0.717) is 11.4 Å². The third kappa shape index (κ3) is 3.78. The second-order valence-electron chi connectivity index (χ2n) is 7.28. The molecule has 4 rings (SSSR count). The Bertz CT molecular complexity index is 1180. The molecule has 3 aromatic rings. The van der Waals surface area contributed by atoms with Crippen molar-refractivity contribution in [2.75, 3.05) is 16.8 Å². The summed E-state index contributed by atoms with van der Waals surface area (Å²) in [5.41, 5.74) is 5.44. The number of benzene rings is 2. The predicted molar refractivity (Wildman–Crippen MR) is 115 cm³/mol.